The molecule has 0 radical (unpaired) electrons. The second-order valence-electron chi connectivity index (χ2n) is 27.4. The Balaban J connectivity index is 0.948. The van der Waals surface area contributed by atoms with Gasteiger partial charge in [0.15, 0.2) is 0 Å². The molecule has 10 rings (SSSR count). The predicted octanol–water partition coefficient (Wildman–Crippen LogP) is 27.7. The minimum Gasteiger partial charge on any atom is -0.311 e. The van der Waals surface area contributed by atoms with Crippen LogP contribution >= 0.6 is 0 Å². The van der Waals surface area contributed by atoms with Gasteiger partial charge in [0.05, 0.1) is 0 Å². The number of hydrogen-bond acceptors (Lipinski definition) is 4. The molecule has 10 aromatic carbocycles. The van der Waals surface area contributed by atoms with Crippen LogP contribution in [0.2, 0.25) is 0 Å². The van der Waals surface area contributed by atoms with E-state index in [4.69, 9.17) is 0 Å². The molecule has 0 spiro atoms. The first-order valence-corrected chi connectivity index (χ1v) is 36.0. The van der Waals surface area contributed by atoms with E-state index in [1.54, 1.807) is 0 Å². The van der Waals surface area contributed by atoms with E-state index in [1.165, 1.54) is 70.2 Å². The fraction of sp³-hybridized carbons (Fsp3) is 0.269. The predicted molar refractivity (Wildman–Crippen MR) is 423 cm³/mol. The SMILES string of the molecule is C=C/C=C/CCCc1cccc(N(c2ccc(C(C)C)cc2)c2ccc(N(c3ccc(C(C)(C)C(C)c4ccc(N(c5ccc(CCCC)cc5)c5ccc(N(c6ccc(CCCC)cc6)c6ccc(C(C)C)cc6)cc5)cc4)cc3)c3cccc(CCC/C=C/C=C)c3)cc2)c1. The third-order valence-electron chi connectivity index (χ3n) is 19.6. The number of allylic oxidation sites excluding steroid dienone is 6. The minimum absolute atomic E-state index is 0.200. The standard InChI is InChI=1S/C93H104N4/c1-12-16-20-22-24-30-75-32-26-34-91(68-75)96(85-54-42-78(43-55-85)71(7)8)89-64-66-90(67-65-89)97(92-35-27-33-76(69-92)31-25-23-21-17-13-2)86-58-46-80(47-59-86)93(10,11)72(9)79-44-56-84(57-45-79)95(82-50-38-74(39-51-82)29-19-15-4)88-62-60-87(61-63-88)94(83-52-40-77(41-53-83)70(5)6)81-48-36-73(37-49-81)28-18-14-3/h12-13,16-17,20-21,26-27,32-72H,1-2,14-15,18-19,22-25,28-31H2,3-11H3/b20-16+,21-17+. The highest BCUT2D eigenvalue weighted by Crippen LogP contribution is 2.45. The van der Waals surface area contributed by atoms with Gasteiger partial charge in [0.25, 0.3) is 0 Å². The zero-order valence-corrected chi connectivity index (χ0v) is 59.5. The van der Waals surface area contributed by atoms with Crippen molar-refractivity contribution in [2.24, 2.45) is 0 Å². The normalized spacial score (nSPS) is 12.0. The lowest BCUT2D eigenvalue weighted by molar-refractivity contribution is 0.436. The lowest BCUT2D eigenvalue weighted by Crippen LogP contribution is -2.25. The molecule has 0 bridgehead atoms. The summed E-state index contributed by atoms with van der Waals surface area (Å²) in [6.07, 6.45) is 25.3. The van der Waals surface area contributed by atoms with Crippen molar-refractivity contribution in [2.75, 3.05) is 19.6 Å². The molecule has 0 aliphatic rings. The van der Waals surface area contributed by atoms with Crippen molar-refractivity contribution in [1.29, 1.82) is 0 Å². The zero-order chi connectivity index (χ0) is 68.1. The van der Waals surface area contributed by atoms with Crippen LogP contribution in [0.3, 0.4) is 0 Å². The molecular formula is C93H104N4. The highest BCUT2D eigenvalue weighted by molar-refractivity contribution is 5.84. The van der Waals surface area contributed by atoms with Gasteiger partial charge in [-0.05, 0) is 277 Å². The highest BCUT2D eigenvalue weighted by Gasteiger charge is 2.30. The van der Waals surface area contributed by atoms with Gasteiger partial charge < -0.3 is 19.6 Å². The molecule has 0 saturated heterocycles. The number of hydrogen-bond donors (Lipinski definition) is 0. The first-order valence-electron chi connectivity index (χ1n) is 36.0. The summed E-state index contributed by atoms with van der Waals surface area (Å²) in [4.78, 5) is 9.65. The van der Waals surface area contributed by atoms with Gasteiger partial charge in [-0.15, -0.1) is 0 Å². The fourth-order valence-corrected chi connectivity index (χ4v) is 13.2. The largest absolute Gasteiger partial charge is 0.311 e. The van der Waals surface area contributed by atoms with E-state index in [0.29, 0.717) is 11.8 Å². The Labute approximate surface area is 583 Å². The second kappa shape index (κ2) is 34.3. The average molecular weight is 1280 g/mol. The van der Waals surface area contributed by atoms with Gasteiger partial charge in [0.1, 0.15) is 0 Å². The number of anilines is 12. The lowest BCUT2D eigenvalue weighted by Gasteiger charge is -2.34. The fourth-order valence-electron chi connectivity index (χ4n) is 13.2. The summed E-state index contributed by atoms with van der Waals surface area (Å²) in [6.45, 7) is 28.5. The van der Waals surface area contributed by atoms with Gasteiger partial charge in [0, 0.05) is 68.2 Å². The van der Waals surface area contributed by atoms with Crippen molar-refractivity contribution < 1.29 is 0 Å². The van der Waals surface area contributed by atoms with E-state index in [9.17, 15) is 0 Å². The van der Waals surface area contributed by atoms with Crippen molar-refractivity contribution in [2.45, 2.75) is 163 Å². The van der Waals surface area contributed by atoms with Gasteiger partial charge in [-0.3, -0.25) is 0 Å². The van der Waals surface area contributed by atoms with Gasteiger partial charge in [-0.2, -0.15) is 0 Å². The molecule has 0 amide bonds. The van der Waals surface area contributed by atoms with Crippen LogP contribution < -0.4 is 19.6 Å². The molecule has 4 nitrogen and oxygen atoms in total. The molecule has 0 fully saturated rings. The number of nitrogens with zero attached hydrogens (tertiary/aromatic N) is 4. The number of rotatable bonds is 33. The van der Waals surface area contributed by atoms with Crippen LogP contribution in [0.1, 0.15) is 176 Å². The van der Waals surface area contributed by atoms with E-state index < -0.39 is 0 Å². The monoisotopic (exact) mass is 1280 g/mol. The first-order chi connectivity index (χ1) is 47.3. The second-order valence-corrected chi connectivity index (χ2v) is 27.4. The maximum Gasteiger partial charge on any atom is 0.0464 e. The molecule has 0 aromatic heterocycles. The molecule has 0 N–H and O–H groups in total. The van der Waals surface area contributed by atoms with Crippen molar-refractivity contribution in [3.8, 4) is 0 Å². The summed E-state index contributed by atoms with van der Waals surface area (Å²) in [7, 11) is 0. The average Bonchev–Trinajstić information content (AvgIpc) is 0.807. The molecule has 496 valence electrons. The quantitative estimate of drug-likeness (QED) is 0.0300. The van der Waals surface area contributed by atoms with E-state index in [1.807, 2.05) is 24.3 Å². The molecule has 0 heterocycles. The Bertz CT molecular complexity index is 4110. The van der Waals surface area contributed by atoms with Crippen molar-refractivity contribution in [3.63, 3.8) is 0 Å². The number of benzene rings is 10. The lowest BCUT2D eigenvalue weighted by atomic mass is 9.71. The van der Waals surface area contributed by atoms with Gasteiger partial charge in [0.2, 0.25) is 0 Å². The highest BCUT2D eigenvalue weighted by atomic mass is 15.2. The summed E-state index contributed by atoms with van der Waals surface area (Å²) >= 11 is 0. The van der Waals surface area contributed by atoms with Crippen LogP contribution in [0.5, 0.6) is 0 Å². The summed E-state index contributed by atoms with van der Waals surface area (Å²) in [5.74, 6) is 1.10. The summed E-state index contributed by atoms with van der Waals surface area (Å²) in [5, 5.41) is 0. The molecule has 4 heteroatoms. The van der Waals surface area contributed by atoms with Gasteiger partial charge in [-0.25, -0.2) is 0 Å². The van der Waals surface area contributed by atoms with Gasteiger partial charge >= 0.3 is 0 Å². The van der Waals surface area contributed by atoms with Crippen molar-refractivity contribution in [1.82, 2.24) is 0 Å². The van der Waals surface area contributed by atoms with Crippen LogP contribution in [0.25, 0.3) is 0 Å². The Kier molecular flexibility index (Phi) is 24.8. The van der Waals surface area contributed by atoms with Crippen molar-refractivity contribution >= 4 is 68.2 Å². The molecular weight excluding hydrogens is 1170 g/mol. The van der Waals surface area contributed by atoms with Crippen LogP contribution in [0.4, 0.5) is 68.2 Å². The third kappa shape index (κ3) is 18.1. The minimum atomic E-state index is -0.205. The summed E-state index contributed by atoms with van der Waals surface area (Å²) in [5.41, 5.74) is 24.0. The zero-order valence-electron chi connectivity index (χ0n) is 59.5. The molecule has 1 atom stereocenters. The smallest absolute Gasteiger partial charge is 0.0464 e. The Morgan fingerprint density at radius 1 is 0.320 bits per heavy atom. The third-order valence-corrected chi connectivity index (χ3v) is 19.6. The van der Waals surface area contributed by atoms with Crippen LogP contribution in [-0.4, -0.2) is 0 Å². The van der Waals surface area contributed by atoms with Crippen molar-refractivity contribution in [3.05, 3.63) is 337 Å². The molecule has 10 aromatic rings. The number of aryl methyl sites for hydroxylation is 4. The summed E-state index contributed by atoms with van der Waals surface area (Å²) < 4.78 is 0. The molecule has 97 heavy (non-hydrogen) atoms. The van der Waals surface area contributed by atoms with Crippen LogP contribution in [0.15, 0.2) is 292 Å². The van der Waals surface area contributed by atoms with E-state index in [0.717, 1.165) is 120 Å². The Hall–Kier alpha value is -9.64. The maximum absolute atomic E-state index is 3.88. The Morgan fingerprint density at radius 3 is 0.907 bits per heavy atom. The molecule has 0 saturated carbocycles. The summed E-state index contributed by atoms with van der Waals surface area (Å²) in [6, 6.07) is 92.0. The van der Waals surface area contributed by atoms with E-state index in [-0.39, 0.29) is 11.3 Å². The topological polar surface area (TPSA) is 13.0 Å². The first kappa shape index (κ1) is 70.2. The molecule has 0 aliphatic heterocycles. The van der Waals surface area contributed by atoms with Crippen LogP contribution in [-0.2, 0) is 31.1 Å². The van der Waals surface area contributed by atoms with E-state index >= 15 is 0 Å². The maximum atomic E-state index is 3.88. The van der Waals surface area contributed by atoms with Crippen LogP contribution in [0, 0.1) is 0 Å². The van der Waals surface area contributed by atoms with E-state index in [2.05, 4.69) is 350 Å². The molecule has 0 aliphatic carbocycles. The Morgan fingerprint density at radius 2 is 0.598 bits per heavy atom. The molecule has 1 unspecified atom stereocenters. The number of unbranched alkanes of at least 4 members (excludes halogenated alkanes) is 4. The van der Waals surface area contributed by atoms with Gasteiger partial charge in [-0.1, -0.05) is 222 Å².